The molecule has 0 bridgehead atoms. The molecule has 0 fully saturated rings. The molecule has 0 unspecified atom stereocenters. The maximum Gasteiger partial charge on any atom is 0.181 e. The minimum atomic E-state index is -0.424. The van der Waals surface area contributed by atoms with Crippen molar-refractivity contribution < 1.29 is 4.39 Å². The first-order chi connectivity index (χ1) is 7.15. The molecule has 0 aromatic carbocycles. The zero-order chi connectivity index (χ0) is 10.8. The van der Waals surface area contributed by atoms with E-state index in [1.54, 1.807) is 0 Å². The summed E-state index contributed by atoms with van der Waals surface area (Å²) in [6.45, 7) is 0. The Kier molecular flexibility index (Phi) is 2.79. The standard InChI is InChI=1S/C9H4Cl2FN3/c10-7-3-8(11)15-9(14-7)6-2-1-5(12)4-13-6/h1-4H. The molecule has 0 saturated heterocycles. The SMILES string of the molecule is Fc1ccc(-c2nc(Cl)cc(Cl)n2)nc1. The van der Waals surface area contributed by atoms with Crippen molar-refractivity contribution >= 4 is 23.2 Å². The molecule has 2 aromatic rings. The fourth-order valence-electron chi connectivity index (χ4n) is 1.01. The van der Waals surface area contributed by atoms with E-state index in [0.29, 0.717) is 5.69 Å². The van der Waals surface area contributed by atoms with E-state index < -0.39 is 5.82 Å². The number of aromatic nitrogens is 3. The van der Waals surface area contributed by atoms with Gasteiger partial charge in [-0.25, -0.2) is 19.3 Å². The second-order valence-corrected chi connectivity index (χ2v) is 3.47. The minimum absolute atomic E-state index is 0.219. The third-order valence-corrected chi connectivity index (χ3v) is 2.01. The molecule has 6 heteroatoms. The van der Waals surface area contributed by atoms with Crippen molar-refractivity contribution in [3.05, 3.63) is 40.5 Å². The molecule has 0 saturated carbocycles. The Morgan fingerprint density at radius 3 is 2.27 bits per heavy atom. The topological polar surface area (TPSA) is 38.7 Å². The first kappa shape index (κ1) is 10.3. The van der Waals surface area contributed by atoms with Crippen LogP contribution in [0.5, 0.6) is 0 Å². The summed E-state index contributed by atoms with van der Waals surface area (Å²) in [5.41, 5.74) is 0.417. The molecular weight excluding hydrogens is 240 g/mol. The van der Waals surface area contributed by atoms with Gasteiger partial charge in [0.15, 0.2) is 5.82 Å². The largest absolute Gasteiger partial charge is 0.250 e. The van der Waals surface area contributed by atoms with E-state index in [-0.39, 0.29) is 16.1 Å². The molecule has 2 aromatic heterocycles. The maximum atomic E-state index is 12.6. The lowest BCUT2D eigenvalue weighted by Gasteiger charge is -1.99. The third-order valence-electron chi connectivity index (χ3n) is 1.62. The number of hydrogen-bond acceptors (Lipinski definition) is 3. The van der Waals surface area contributed by atoms with Crippen LogP contribution in [-0.2, 0) is 0 Å². The molecule has 2 heterocycles. The van der Waals surface area contributed by atoms with Crippen molar-refractivity contribution in [3.63, 3.8) is 0 Å². The van der Waals surface area contributed by atoms with Crippen molar-refractivity contribution in [2.24, 2.45) is 0 Å². The van der Waals surface area contributed by atoms with Gasteiger partial charge in [0.05, 0.1) is 6.20 Å². The number of hydrogen-bond donors (Lipinski definition) is 0. The molecule has 0 aliphatic rings. The van der Waals surface area contributed by atoms with Crippen molar-refractivity contribution in [2.45, 2.75) is 0 Å². The molecule has 0 atom stereocenters. The van der Waals surface area contributed by atoms with Gasteiger partial charge in [-0.2, -0.15) is 0 Å². The minimum Gasteiger partial charge on any atom is -0.250 e. The molecule has 0 aliphatic heterocycles. The highest BCUT2D eigenvalue weighted by atomic mass is 35.5. The van der Waals surface area contributed by atoms with Crippen LogP contribution in [0.1, 0.15) is 0 Å². The van der Waals surface area contributed by atoms with Crippen LogP contribution in [0.15, 0.2) is 24.4 Å². The predicted molar refractivity (Wildman–Crippen MR) is 55.2 cm³/mol. The summed E-state index contributed by atoms with van der Waals surface area (Å²) in [7, 11) is 0. The van der Waals surface area contributed by atoms with E-state index in [1.165, 1.54) is 18.2 Å². The lowest BCUT2D eigenvalue weighted by molar-refractivity contribution is 0.621. The summed E-state index contributed by atoms with van der Waals surface area (Å²) in [6, 6.07) is 4.13. The van der Waals surface area contributed by atoms with Crippen LogP contribution in [0.4, 0.5) is 4.39 Å². The van der Waals surface area contributed by atoms with E-state index in [0.717, 1.165) is 6.20 Å². The van der Waals surface area contributed by atoms with Gasteiger partial charge in [-0.05, 0) is 12.1 Å². The van der Waals surface area contributed by atoms with Crippen molar-refractivity contribution in [1.29, 1.82) is 0 Å². The molecule has 0 N–H and O–H groups in total. The Bertz CT molecular complexity index is 467. The Morgan fingerprint density at radius 2 is 1.73 bits per heavy atom. The summed E-state index contributed by atoms with van der Waals surface area (Å²) in [6.07, 6.45) is 1.08. The lowest BCUT2D eigenvalue weighted by atomic mass is 10.3. The van der Waals surface area contributed by atoms with Crippen molar-refractivity contribution in [2.75, 3.05) is 0 Å². The van der Waals surface area contributed by atoms with Crippen LogP contribution in [0.3, 0.4) is 0 Å². The second-order valence-electron chi connectivity index (χ2n) is 2.70. The summed E-state index contributed by atoms with van der Waals surface area (Å²) in [5.74, 6) is -0.153. The van der Waals surface area contributed by atoms with Crippen LogP contribution in [-0.4, -0.2) is 15.0 Å². The van der Waals surface area contributed by atoms with Crippen LogP contribution >= 0.6 is 23.2 Å². The summed E-state index contributed by atoms with van der Waals surface area (Å²) < 4.78 is 12.6. The zero-order valence-corrected chi connectivity index (χ0v) is 8.80. The van der Waals surface area contributed by atoms with Gasteiger partial charge in [0.25, 0.3) is 0 Å². The first-order valence-electron chi connectivity index (χ1n) is 3.97. The Balaban J connectivity index is 2.49. The molecule has 0 amide bonds. The van der Waals surface area contributed by atoms with Crippen LogP contribution in [0.25, 0.3) is 11.5 Å². The van der Waals surface area contributed by atoms with Gasteiger partial charge >= 0.3 is 0 Å². The third kappa shape index (κ3) is 2.40. The normalized spacial score (nSPS) is 10.3. The van der Waals surface area contributed by atoms with Gasteiger partial charge in [-0.1, -0.05) is 23.2 Å². The average Bonchev–Trinajstić information content (AvgIpc) is 2.17. The molecule has 15 heavy (non-hydrogen) atoms. The summed E-state index contributed by atoms with van der Waals surface area (Å²) in [5, 5.41) is 0.437. The van der Waals surface area contributed by atoms with Gasteiger partial charge in [-0.3, -0.25) is 0 Å². The predicted octanol–water partition coefficient (Wildman–Crippen LogP) is 2.98. The first-order valence-corrected chi connectivity index (χ1v) is 4.73. The molecule has 3 nitrogen and oxygen atoms in total. The van der Waals surface area contributed by atoms with Gasteiger partial charge in [0, 0.05) is 6.07 Å². The van der Waals surface area contributed by atoms with Crippen LogP contribution in [0.2, 0.25) is 10.3 Å². The Labute approximate surface area is 94.9 Å². The number of nitrogens with zero attached hydrogens (tertiary/aromatic N) is 3. The number of halogens is 3. The van der Waals surface area contributed by atoms with Gasteiger partial charge in [-0.15, -0.1) is 0 Å². The van der Waals surface area contributed by atoms with E-state index in [4.69, 9.17) is 23.2 Å². The molecule has 0 radical (unpaired) electrons. The fourth-order valence-corrected chi connectivity index (χ4v) is 1.44. The average molecular weight is 244 g/mol. The monoisotopic (exact) mass is 243 g/mol. The van der Waals surface area contributed by atoms with E-state index in [9.17, 15) is 4.39 Å². The smallest absolute Gasteiger partial charge is 0.181 e. The molecule has 0 aliphatic carbocycles. The summed E-state index contributed by atoms with van der Waals surface area (Å²) in [4.78, 5) is 11.7. The lowest BCUT2D eigenvalue weighted by Crippen LogP contribution is -1.92. The van der Waals surface area contributed by atoms with Gasteiger partial charge in [0.2, 0.25) is 0 Å². The second kappa shape index (κ2) is 4.08. The van der Waals surface area contributed by atoms with E-state index in [2.05, 4.69) is 15.0 Å². The Morgan fingerprint density at radius 1 is 1.07 bits per heavy atom. The van der Waals surface area contributed by atoms with Crippen LogP contribution < -0.4 is 0 Å². The molecule has 2 rings (SSSR count). The maximum absolute atomic E-state index is 12.6. The van der Waals surface area contributed by atoms with Gasteiger partial charge in [0.1, 0.15) is 21.8 Å². The Hall–Kier alpha value is -1.26. The van der Waals surface area contributed by atoms with Crippen molar-refractivity contribution in [1.82, 2.24) is 15.0 Å². The number of pyridine rings is 1. The highest BCUT2D eigenvalue weighted by molar-refractivity contribution is 6.33. The zero-order valence-electron chi connectivity index (χ0n) is 7.28. The molecular formula is C9H4Cl2FN3. The highest BCUT2D eigenvalue weighted by Crippen LogP contribution is 2.18. The van der Waals surface area contributed by atoms with Gasteiger partial charge < -0.3 is 0 Å². The molecule has 0 spiro atoms. The van der Waals surface area contributed by atoms with Crippen molar-refractivity contribution in [3.8, 4) is 11.5 Å². The fraction of sp³-hybridized carbons (Fsp3) is 0. The van der Waals surface area contributed by atoms with Crippen LogP contribution in [0, 0.1) is 5.82 Å². The van der Waals surface area contributed by atoms with E-state index >= 15 is 0 Å². The van der Waals surface area contributed by atoms with E-state index in [1.807, 2.05) is 0 Å². The summed E-state index contributed by atoms with van der Waals surface area (Å²) >= 11 is 11.4. The molecule has 76 valence electrons. The quantitative estimate of drug-likeness (QED) is 0.723. The highest BCUT2D eigenvalue weighted by Gasteiger charge is 2.05. The number of rotatable bonds is 1.